The Kier molecular flexibility index (Phi) is 7.13. The van der Waals surface area contributed by atoms with Gasteiger partial charge in [-0.05, 0) is 19.2 Å². The van der Waals surface area contributed by atoms with Gasteiger partial charge in [-0.15, -0.1) is 0 Å². The lowest BCUT2D eigenvalue weighted by molar-refractivity contribution is -0.136. The Morgan fingerprint density at radius 1 is 1.12 bits per heavy atom. The van der Waals surface area contributed by atoms with Gasteiger partial charge in [-0.25, -0.2) is 0 Å². The zero-order chi connectivity index (χ0) is 17.7. The molecule has 24 heavy (non-hydrogen) atoms. The molecule has 1 aliphatic heterocycles. The molecule has 0 aromatic heterocycles. The van der Waals surface area contributed by atoms with Crippen molar-refractivity contribution in [2.24, 2.45) is 0 Å². The Morgan fingerprint density at radius 3 is 2.42 bits per heavy atom. The second-order valence-corrected chi connectivity index (χ2v) is 6.68. The summed E-state index contributed by atoms with van der Waals surface area (Å²) in [5, 5.41) is 3.57. The van der Waals surface area contributed by atoms with Gasteiger partial charge in [0.2, 0.25) is 11.8 Å². The van der Waals surface area contributed by atoms with Crippen LogP contribution >= 0.6 is 34.8 Å². The number of halogens is 3. The van der Waals surface area contributed by atoms with Crippen molar-refractivity contribution in [1.82, 2.24) is 9.80 Å². The molecule has 0 saturated carbocycles. The number of nitrogens with one attached hydrogen (secondary N) is 1. The summed E-state index contributed by atoms with van der Waals surface area (Å²) in [6.45, 7) is 2.46. The number of amides is 2. The average molecular weight is 395 g/mol. The number of likely N-dealkylation sites (N-methyl/N-ethyl adjacent to an activating group) is 1. The number of ether oxygens (including phenoxy) is 1. The molecular formula is C15H18Cl3N3O3. The van der Waals surface area contributed by atoms with Crippen LogP contribution in [0.1, 0.15) is 0 Å². The van der Waals surface area contributed by atoms with E-state index in [2.05, 4.69) is 5.32 Å². The molecule has 2 amide bonds. The molecular weight excluding hydrogens is 377 g/mol. The van der Waals surface area contributed by atoms with Crippen molar-refractivity contribution in [2.45, 2.75) is 0 Å². The van der Waals surface area contributed by atoms with E-state index in [1.807, 2.05) is 0 Å². The molecule has 1 heterocycles. The fourth-order valence-electron chi connectivity index (χ4n) is 2.25. The molecule has 0 radical (unpaired) electrons. The van der Waals surface area contributed by atoms with Gasteiger partial charge in [-0.1, -0.05) is 34.8 Å². The van der Waals surface area contributed by atoms with E-state index in [4.69, 9.17) is 39.5 Å². The molecule has 1 N–H and O–H groups in total. The predicted octanol–water partition coefficient (Wildman–Crippen LogP) is 2.38. The number of hydrogen-bond donors (Lipinski definition) is 1. The summed E-state index contributed by atoms with van der Waals surface area (Å²) in [5.41, 5.74) is 0.379. The SMILES string of the molecule is CN(CC(=O)Nc1cc(Cl)c(Cl)cc1Cl)CC(=O)N1CCOCC1. The lowest BCUT2D eigenvalue weighted by Crippen LogP contribution is -2.46. The number of anilines is 1. The molecule has 9 heteroatoms. The average Bonchev–Trinajstić information content (AvgIpc) is 2.53. The second-order valence-electron chi connectivity index (χ2n) is 5.46. The van der Waals surface area contributed by atoms with Crippen LogP contribution in [0.3, 0.4) is 0 Å². The monoisotopic (exact) mass is 393 g/mol. The Balaban J connectivity index is 1.85. The Morgan fingerprint density at radius 2 is 1.75 bits per heavy atom. The van der Waals surface area contributed by atoms with Gasteiger partial charge in [0, 0.05) is 13.1 Å². The van der Waals surface area contributed by atoms with E-state index in [0.717, 1.165) is 0 Å². The molecule has 1 aromatic carbocycles. The van der Waals surface area contributed by atoms with Crippen LogP contribution in [0, 0.1) is 0 Å². The molecule has 1 fully saturated rings. The molecule has 1 aliphatic rings. The van der Waals surface area contributed by atoms with Crippen LogP contribution in [-0.4, -0.2) is 68.1 Å². The van der Waals surface area contributed by atoms with Gasteiger partial charge in [0.1, 0.15) is 0 Å². The molecule has 6 nitrogen and oxygen atoms in total. The summed E-state index contributed by atoms with van der Waals surface area (Å²) < 4.78 is 5.21. The van der Waals surface area contributed by atoms with Crippen molar-refractivity contribution >= 4 is 52.3 Å². The van der Waals surface area contributed by atoms with Crippen LogP contribution < -0.4 is 5.32 Å². The Hall–Kier alpha value is -1.05. The minimum atomic E-state index is -0.299. The molecule has 1 saturated heterocycles. The van der Waals surface area contributed by atoms with Crippen molar-refractivity contribution < 1.29 is 14.3 Å². The molecule has 0 aliphatic carbocycles. The number of benzene rings is 1. The summed E-state index contributed by atoms with van der Waals surface area (Å²) in [5.74, 6) is -0.325. The number of carbonyl (C=O) groups is 2. The Bertz CT molecular complexity index is 621. The van der Waals surface area contributed by atoms with Gasteiger partial charge in [-0.2, -0.15) is 0 Å². The van der Waals surface area contributed by atoms with Crippen molar-refractivity contribution in [3.05, 3.63) is 27.2 Å². The normalized spacial score (nSPS) is 14.8. The van der Waals surface area contributed by atoms with Crippen LogP contribution in [0.15, 0.2) is 12.1 Å². The van der Waals surface area contributed by atoms with Crippen LogP contribution in [-0.2, 0) is 14.3 Å². The maximum absolute atomic E-state index is 12.1. The second kappa shape index (κ2) is 8.87. The molecule has 0 bridgehead atoms. The smallest absolute Gasteiger partial charge is 0.238 e. The Labute approximate surface area is 155 Å². The maximum atomic E-state index is 12.1. The van der Waals surface area contributed by atoms with Crippen LogP contribution in [0.5, 0.6) is 0 Å². The largest absolute Gasteiger partial charge is 0.378 e. The van der Waals surface area contributed by atoms with Gasteiger partial charge < -0.3 is 15.0 Å². The predicted molar refractivity (Wildman–Crippen MR) is 95.0 cm³/mol. The first-order valence-electron chi connectivity index (χ1n) is 7.35. The first kappa shape index (κ1) is 19.3. The first-order valence-corrected chi connectivity index (χ1v) is 8.48. The van der Waals surface area contributed by atoms with E-state index in [-0.39, 0.29) is 24.9 Å². The highest BCUT2D eigenvalue weighted by Gasteiger charge is 2.19. The summed E-state index contributed by atoms with van der Waals surface area (Å²) in [7, 11) is 1.70. The first-order chi connectivity index (χ1) is 11.4. The zero-order valence-corrected chi connectivity index (χ0v) is 15.4. The van der Waals surface area contributed by atoms with Gasteiger partial charge >= 0.3 is 0 Å². The van der Waals surface area contributed by atoms with Gasteiger partial charge in [0.05, 0.1) is 47.1 Å². The lowest BCUT2D eigenvalue weighted by Gasteiger charge is -2.28. The van der Waals surface area contributed by atoms with Crippen molar-refractivity contribution in [1.29, 1.82) is 0 Å². The number of morpholine rings is 1. The fraction of sp³-hybridized carbons (Fsp3) is 0.467. The highest BCUT2D eigenvalue weighted by atomic mass is 35.5. The van der Waals surface area contributed by atoms with Gasteiger partial charge in [-0.3, -0.25) is 14.5 Å². The van der Waals surface area contributed by atoms with Gasteiger partial charge in [0.25, 0.3) is 0 Å². The van der Waals surface area contributed by atoms with E-state index >= 15 is 0 Å². The lowest BCUT2D eigenvalue weighted by atomic mass is 10.3. The number of rotatable bonds is 5. The third kappa shape index (κ3) is 5.50. The molecule has 2 rings (SSSR count). The van der Waals surface area contributed by atoms with E-state index < -0.39 is 0 Å². The highest BCUT2D eigenvalue weighted by molar-refractivity contribution is 6.44. The number of carbonyl (C=O) groups excluding carboxylic acids is 2. The summed E-state index contributed by atoms with van der Waals surface area (Å²) in [6.07, 6.45) is 0. The number of hydrogen-bond acceptors (Lipinski definition) is 4. The number of nitrogens with zero attached hydrogens (tertiary/aromatic N) is 2. The molecule has 0 atom stereocenters. The van der Waals surface area contributed by atoms with Crippen LogP contribution in [0.25, 0.3) is 0 Å². The standard InChI is InChI=1S/C15H18Cl3N3O3/c1-20(9-15(23)21-2-4-24-5-3-21)8-14(22)19-13-7-11(17)10(16)6-12(13)18/h6-7H,2-5,8-9H2,1H3,(H,19,22). The minimum absolute atomic E-state index is 0.0267. The fourth-order valence-corrected chi connectivity index (χ4v) is 2.85. The minimum Gasteiger partial charge on any atom is -0.378 e. The summed E-state index contributed by atoms with van der Waals surface area (Å²) in [4.78, 5) is 27.6. The van der Waals surface area contributed by atoms with Crippen molar-refractivity contribution in [2.75, 3.05) is 51.8 Å². The maximum Gasteiger partial charge on any atom is 0.238 e. The molecule has 132 valence electrons. The molecule has 0 unspecified atom stereocenters. The summed E-state index contributed by atoms with van der Waals surface area (Å²) >= 11 is 17.8. The topological polar surface area (TPSA) is 61.9 Å². The van der Waals surface area contributed by atoms with E-state index in [0.29, 0.717) is 47.1 Å². The highest BCUT2D eigenvalue weighted by Crippen LogP contribution is 2.32. The van der Waals surface area contributed by atoms with Crippen molar-refractivity contribution in [3.8, 4) is 0 Å². The van der Waals surface area contributed by atoms with E-state index in [9.17, 15) is 9.59 Å². The quantitative estimate of drug-likeness (QED) is 0.779. The van der Waals surface area contributed by atoms with Crippen molar-refractivity contribution in [3.63, 3.8) is 0 Å². The summed E-state index contributed by atoms with van der Waals surface area (Å²) in [6, 6.07) is 2.95. The zero-order valence-electron chi connectivity index (χ0n) is 13.2. The molecule has 1 aromatic rings. The van der Waals surface area contributed by atoms with E-state index in [1.54, 1.807) is 16.8 Å². The molecule has 0 spiro atoms. The van der Waals surface area contributed by atoms with Crippen LogP contribution in [0.4, 0.5) is 5.69 Å². The third-order valence-corrected chi connectivity index (χ3v) is 4.50. The third-order valence-electron chi connectivity index (χ3n) is 3.47. The van der Waals surface area contributed by atoms with E-state index in [1.165, 1.54) is 12.1 Å². The van der Waals surface area contributed by atoms with Gasteiger partial charge in [0.15, 0.2) is 0 Å². The van der Waals surface area contributed by atoms with Crippen LogP contribution in [0.2, 0.25) is 15.1 Å².